The van der Waals surface area contributed by atoms with Crippen molar-refractivity contribution in [3.63, 3.8) is 0 Å². The summed E-state index contributed by atoms with van der Waals surface area (Å²) in [6, 6.07) is 21.5. The molecule has 0 unspecified atom stereocenters. The topological polar surface area (TPSA) is 75.7 Å². The summed E-state index contributed by atoms with van der Waals surface area (Å²) in [5.41, 5.74) is 3.49. The standard InChI is InChI=1S/C27H32N2O4S/c1-20(2)25-7-5-6-8-26(25)33-18-17-28-27(30)19-29(23-13-9-21(3)10-14-23)34(31,32)24-15-11-22(4)12-16-24/h5-16,20H,17-19H2,1-4H3,(H,28,30). The Labute approximate surface area is 202 Å². The molecule has 0 spiro atoms. The Kier molecular flexibility index (Phi) is 8.34. The molecule has 1 N–H and O–H groups in total. The fourth-order valence-electron chi connectivity index (χ4n) is 3.49. The van der Waals surface area contributed by atoms with Crippen LogP contribution in [0, 0.1) is 13.8 Å². The van der Waals surface area contributed by atoms with Crippen LogP contribution in [0.1, 0.15) is 36.5 Å². The molecule has 6 nitrogen and oxygen atoms in total. The number of hydrogen-bond donors (Lipinski definition) is 1. The highest BCUT2D eigenvalue weighted by molar-refractivity contribution is 7.92. The van der Waals surface area contributed by atoms with E-state index in [0.29, 0.717) is 11.6 Å². The Balaban J connectivity index is 1.69. The number of benzene rings is 3. The number of carbonyl (C=O) groups is 1. The second kappa shape index (κ2) is 11.2. The minimum Gasteiger partial charge on any atom is -0.491 e. The third-order valence-corrected chi connectivity index (χ3v) is 7.23. The van der Waals surface area contributed by atoms with Crippen molar-refractivity contribution in [2.24, 2.45) is 0 Å². The minimum absolute atomic E-state index is 0.139. The van der Waals surface area contributed by atoms with Gasteiger partial charge in [-0.15, -0.1) is 0 Å². The zero-order valence-electron chi connectivity index (χ0n) is 20.1. The highest BCUT2D eigenvalue weighted by Crippen LogP contribution is 2.26. The predicted octanol–water partition coefficient (Wildman–Crippen LogP) is 4.82. The number of amides is 1. The van der Waals surface area contributed by atoms with Crippen molar-refractivity contribution in [3.05, 3.63) is 89.5 Å². The van der Waals surface area contributed by atoms with Crippen LogP contribution in [0.5, 0.6) is 5.75 Å². The van der Waals surface area contributed by atoms with Crippen LogP contribution in [-0.2, 0) is 14.8 Å². The zero-order valence-corrected chi connectivity index (χ0v) is 20.9. The summed E-state index contributed by atoms with van der Waals surface area (Å²) in [5.74, 6) is 0.702. The molecular formula is C27H32N2O4S. The van der Waals surface area contributed by atoms with E-state index in [1.807, 2.05) is 50.2 Å². The van der Waals surface area contributed by atoms with Gasteiger partial charge in [-0.1, -0.05) is 67.4 Å². The van der Waals surface area contributed by atoms with Gasteiger partial charge in [-0.05, 0) is 55.7 Å². The fraction of sp³-hybridized carbons (Fsp3) is 0.296. The van der Waals surface area contributed by atoms with Crippen molar-refractivity contribution in [1.29, 1.82) is 0 Å². The summed E-state index contributed by atoms with van der Waals surface area (Å²) >= 11 is 0. The number of ether oxygens (including phenoxy) is 1. The number of anilines is 1. The highest BCUT2D eigenvalue weighted by Gasteiger charge is 2.27. The van der Waals surface area contributed by atoms with E-state index in [4.69, 9.17) is 4.74 Å². The first-order valence-corrected chi connectivity index (χ1v) is 12.8. The Bertz CT molecular complexity index is 1200. The van der Waals surface area contributed by atoms with E-state index in [9.17, 15) is 13.2 Å². The lowest BCUT2D eigenvalue weighted by molar-refractivity contribution is -0.119. The van der Waals surface area contributed by atoms with Crippen molar-refractivity contribution in [3.8, 4) is 5.75 Å². The average molecular weight is 481 g/mol. The van der Waals surface area contributed by atoms with E-state index in [1.54, 1.807) is 36.4 Å². The number of carbonyl (C=O) groups excluding carboxylic acids is 1. The predicted molar refractivity (Wildman–Crippen MR) is 136 cm³/mol. The smallest absolute Gasteiger partial charge is 0.264 e. The maximum atomic E-state index is 13.4. The summed E-state index contributed by atoms with van der Waals surface area (Å²) in [4.78, 5) is 12.9. The van der Waals surface area contributed by atoms with Gasteiger partial charge in [0.15, 0.2) is 0 Å². The lowest BCUT2D eigenvalue weighted by Gasteiger charge is -2.24. The monoisotopic (exact) mass is 480 g/mol. The van der Waals surface area contributed by atoms with Gasteiger partial charge in [0.2, 0.25) is 5.91 Å². The molecule has 3 aromatic rings. The van der Waals surface area contributed by atoms with Crippen LogP contribution in [0.3, 0.4) is 0 Å². The van der Waals surface area contributed by atoms with Gasteiger partial charge in [0.1, 0.15) is 18.9 Å². The third kappa shape index (κ3) is 6.38. The molecule has 1 amide bonds. The quantitative estimate of drug-likeness (QED) is 0.422. The Morgan fingerprint density at radius 2 is 1.50 bits per heavy atom. The average Bonchev–Trinajstić information content (AvgIpc) is 2.81. The Morgan fingerprint density at radius 3 is 2.12 bits per heavy atom. The lowest BCUT2D eigenvalue weighted by atomic mass is 10.0. The van der Waals surface area contributed by atoms with Crippen LogP contribution >= 0.6 is 0 Å². The molecule has 0 aliphatic carbocycles. The van der Waals surface area contributed by atoms with Gasteiger partial charge in [0.05, 0.1) is 17.1 Å². The Hall–Kier alpha value is -3.32. The van der Waals surface area contributed by atoms with E-state index < -0.39 is 15.9 Å². The first-order chi connectivity index (χ1) is 16.2. The summed E-state index contributed by atoms with van der Waals surface area (Å²) in [7, 11) is -3.93. The summed E-state index contributed by atoms with van der Waals surface area (Å²) in [6.45, 7) is 8.22. The lowest BCUT2D eigenvalue weighted by Crippen LogP contribution is -2.42. The van der Waals surface area contributed by atoms with Crippen LogP contribution in [0.25, 0.3) is 0 Å². The molecule has 0 bridgehead atoms. The van der Waals surface area contributed by atoms with Crippen molar-refractivity contribution in [1.82, 2.24) is 5.32 Å². The maximum Gasteiger partial charge on any atom is 0.264 e. The van der Waals surface area contributed by atoms with E-state index >= 15 is 0 Å². The molecule has 0 aromatic heterocycles. The van der Waals surface area contributed by atoms with Crippen LogP contribution in [-0.4, -0.2) is 34.0 Å². The number of aryl methyl sites for hydroxylation is 2. The fourth-order valence-corrected chi connectivity index (χ4v) is 4.91. The van der Waals surface area contributed by atoms with Gasteiger partial charge in [0.25, 0.3) is 10.0 Å². The van der Waals surface area contributed by atoms with Crippen molar-refractivity contribution in [2.45, 2.75) is 38.5 Å². The first kappa shape index (κ1) is 25.3. The largest absolute Gasteiger partial charge is 0.491 e. The normalized spacial score (nSPS) is 11.3. The molecule has 0 fully saturated rings. The third-order valence-electron chi connectivity index (χ3n) is 5.44. The molecule has 0 saturated heterocycles. The second-order valence-corrected chi connectivity index (χ2v) is 10.4. The van der Waals surface area contributed by atoms with Crippen molar-refractivity contribution < 1.29 is 17.9 Å². The van der Waals surface area contributed by atoms with Crippen molar-refractivity contribution in [2.75, 3.05) is 24.0 Å². The molecule has 0 saturated carbocycles. The number of sulfonamides is 1. The van der Waals surface area contributed by atoms with Crippen LogP contribution in [0.2, 0.25) is 0 Å². The maximum absolute atomic E-state index is 13.4. The SMILES string of the molecule is Cc1ccc(N(CC(=O)NCCOc2ccccc2C(C)C)S(=O)(=O)c2ccc(C)cc2)cc1. The minimum atomic E-state index is -3.93. The molecule has 3 aromatic carbocycles. The van der Waals surface area contributed by atoms with Gasteiger partial charge in [-0.3, -0.25) is 9.10 Å². The van der Waals surface area contributed by atoms with Crippen molar-refractivity contribution >= 4 is 21.6 Å². The summed E-state index contributed by atoms with van der Waals surface area (Å²) in [5, 5.41) is 2.78. The summed E-state index contributed by atoms with van der Waals surface area (Å²) < 4.78 is 33.8. The van der Waals surface area contributed by atoms with Gasteiger partial charge >= 0.3 is 0 Å². The molecule has 0 aliphatic rings. The Morgan fingerprint density at radius 1 is 0.912 bits per heavy atom. The molecule has 180 valence electrons. The van der Waals surface area contributed by atoms with E-state index in [-0.39, 0.29) is 24.6 Å². The van der Waals surface area contributed by atoms with E-state index in [0.717, 1.165) is 26.7 Å². The molecule has 7 heteroatoms. The van der Waals surface area contributed by atoms with Gasteiger partial charge in [-0.25, -0.2) is 8.42 Å². The van der Waals surface area contributed by atoms with E-state index in [2.05, 4.69) is 19.2 Å². The van der Waals surface area contributed by atoms with E-state index in [1.165, 1.54) is 0 Å². The molecule has 0 aliphatic heterocycles. The zero-order chi connectivity index (χ0) is 24.7. The molecule has 3 rings (SSSR count). The number of hydrogen-bond acceptors (Lipinski definition) is 4. The van der Waals surface area contributed by atoms with Crippen LogP contribution in [0.15, 0.2) is 77.7 Å². The van der Waals surface area contributed by atoms with Gasteiger partial charge in [0, 0.05) is 0 Å². The molecular weight excluding hydrogens is 448 g/mol. The second-order valence-electron chi connectivity index (χ2n) is 8.55. The molecule has 0 radical (unpaired) electrons. The number of para-hydroxylation sites is 1. The molecule has 0 heterocycles. The molecule has 0 atom stereocenters. The van der Waals surface area contributed by atoms with Crippen LogP contribution in [0.4, 0.5) is 5.69 Å². The molecule has 34 heavy (non-hydrogen) atoms. The number of rotatable bonds is 10. The van der Waals surface area contributed by atoms with Gasteiger partial charge in [-0.2, -0.15) is 0 Å². The first-order valence-electron chi connectivity index (χ1n) is 11.3. The number of nitrogens with one attached hydrogen (secondary N) is 1. The van der Waals surface area contributed by atoms with Crippen LogP contribution < -0.4 is 14.4 Å². The highest BCUT2D eigenvalue weighted by atomic mass is 32.2. The summed E-state index contributed by atoms with van der Waals surface area (Å²) in [6.07, 6.45) is 0. The van der Waals surface area contributed by atoms with Gasteiger partial charge < -0.3 is 10.1 Å². The number of nitrogens with zero attached hydrogens (tertiary/aromatic N) is 1.